The van der Waals surface area contributed by atoms with Gasteiger partial charge in [0.15, 0.2) is 34.7 Å². The first kappa shape index (κ1) is 24.5. The lowest BCUT2D eigenvalue weighted by atomic mass is 9.53. The summed E-state index contributed by atoms with van der Waals surface area (Å²) in [6, 6.07) is 1.32. The third-order valence-corrected chi connectivity index (χ3v) is 7.38. The molecule has 1 aromatic rings. The van der Waals surface area contributed by atoms with Crippen molar-refractivity contribution in [2.45, 2.75) is 24.9 Å². The number of aliphatic hydroxyl groups is 1. The summed E-state index contributed by atoms with van der Waals surface area (Å²) in [5, 5.41) is 31.9. The average molecular weight is 487 g/mol. The number of phenolic OH excluding ortho intramolecular Hbond substituents is 1. The number of phenols is 1. The fraction of sp³-hybridized carbons (Fsp3) is 0.478. The summed E-state index contributed by atoms with van der Waals surface area (Å²) < 4.78 is 0. The molecule has 186 valence electrons. The lowest BCUT2D eigenvalue weighted by Gasteiger charge is -2.48. The van der Waals surface area contributed by atoms with Crippen molar-refractivity contribution in [3.8, 4) is 5.75 Å². The monoisotopic (exact) mass is 487 g/mol. The number of benzene rings is 1. The number of hydrogen-bond donors (Lipinski definition) is 4. The van der Waals surface area contributed by atoms with Gasteiger partial charge in [0, 0.05) is 39.2 Å². The van der Waals surface area contributed by atoms with Crippen LogP contribution in [0.25, 0.3) is 0 Å². The van der Waals surface area contributed by atoms with E-state index in [1.165, 1.54) is 6.07 Å². The van der Waals surface area contributed by atoms with E-state index in [4.69, 9.17) is 5.73 Å². The largest absolute Gasteiger partial charge is 0.506 e. The van der Waals surface area contributed by atoms with Crippen molar-refractivity contribution in [1.82, 2.24) is 5.06 Å². The topological polar surface area (TPSA) is 196 Å². The molecule has 12 heteroatoms. The molecule has 0 spiro atoms. The summed E-state index contributed by atoms with van der Waals surface area (Å²) >= 11 is 0. The maximum Gasteiger partial charge on any atom is 0.280 e. The lowest BCUT2D eigenvalue weighted by molar-refractivity contribution is -0.175. The first-order chi connectivity index (χ1) is 16.2. The van der Waals surface area contributed by atoms with Gasteiger partial charge in [-0.15, -0.1) is 0 Å². The van der Waals surface area contributed by atoms with Gasteiger partial charge in [0.2, 0.25) is 5.91 Å². The fourth-order valence-corrected chi connectivity index (χ4v) is 5.75. The quantitative estimate of drug-likeness (QED) is 0.230. The van der Waals surface area contributed by atoms with Crippen LogP contribution in [-0.2, 0) is 25.6 Å². The molecule has 2 saturated carbocycles. The normalized spacial score (nSPS) is 29.7. The highest BCUT2D eigenvalue weighted by molar-refractivity contribution is 6.31. The van der Waals surface area contributed by atoms with Crippen LogP contribution in [0.2, 0.25) is 0 Å². The molecule has 12 nitrogen and oxygen atoms in total. The Bertz CT molecular complexity index is 1220. The summed E-state index contributed by atoms with van der Waals surface area (Å²) in [7, 11) is 4.33. The molecule has 0 saturated heterocycles. The SMILES string of the molecule is CN(O)C(=O)c1cc(N(C)C)c2c(c1O)C(=O)C1C(=O)[C@]3(O)C(=O)C(C(N)=O)C(=O)C[C@@H]3C[C@@H]1C2. The van der Waals surface area contributed by atoms with Gasteiger partial charge in [-0.2, -0.15) is 0 Å². The van der Waals surface area contributed by atoms with E-state index in [0.717, 1.165) is 7.05 Å². The van der Waals surface area contributed by atoms with E-state index < -0.39 is 76.4 Å². The maximum atomic E-state index is 13.6. The first-order valence-electron chi connectivity index (χ1n) is 10.9. The smallest absolute Gasteiger partial charge is 0.280 e. The highest BCUT2D eigenvalue weighted by Crippen LogP contribution is 2.51. The Morgan fingerprint density at radius 2 is 1.71 bits per heavy atom. The van der Waals surface area contributed by atoms with E-state index in [2.05, 4.69) is 0 Å². The Balaban J connectivity index is 1.88. The average Bonchev–Trinajstić information content (AvgIpc) is 2.75. The van der Waals surface area contributed by atoms with Crippen molar-refractivity contribution >= 4 is 40.6 Å². The molecule has 3 aliphatic rings. The van der Waals surface area contributed by atoms with Crippen molar-refractivity contribution in [3.05, 3.63) is 22.8 Å². The van der Waals surface area contributed by atoms with E-state index in [1.807, 2.05) is 0 Å². The summed E-state index contributed by atoms with van der Waals surface area (Å²) in [6.07, 6.45) is -0.376. The zero-order valence-electron chi connectivity index (χ0n) is 19.3. The lowest BCUT2D eigenvalue weighted by Crippen LogP contribution is -2.68. The Morgan fingerprint density at radius 3 is 2.26 bits per heavy atom. The van der Waals surface area contributed by atoms with Crippen LogP contribution in [-0.4, -0.2) is 82.2 Å². The molecule has 5 N–H and O–H groups in total. The number of aromatic hydroxyl groups is 1. The number of rotatable bonds is 3. The minimum Gasteiger partial charge on any atom is -0.506 e. The zero-order chi connectivity index (χ0) is 26.1. The van der Waals surface area contributed by atoms with Crippen LogP contribution in [0.3, 0.4) is 0 Å². The third-order valence-electron chi connectivity index (χ3n) is 7.38. The van der Waals surface area contributed by atoms with Gasteiger partial charge in [-0.1, -0.05) is 0 Å². The highest BCUT2D eigenvalue weighted by Gasteiger charge is 2.66. The molecule has 3 aliphatic carbocycles. The maximum absolute atomic E-state index is 13.6. The molecule has 0 aromatic heterocycles. The number of nitrogens with two attached hydrogens (primary N) is 1. The number of nitrogens with zero attached hydrogens (tertiary/aromatic N) is 2. The van der Waals surface area contributed by atoms with Crippen LogP contribution >= 0.6 is 0 Å². The van der Waals surface area contributed by atoms with E-state index in [-0.39, 0.29) is 29.0 Å². The van der Waals surface area contributed by atoms with Crippen molar-refractivity contribution < 1.29 is 44.2 Å². The summed E-state index contributed by atoms with van der Waals surface area (Å²) in [4.78, 5) is 78.3. The minimum atomic E-state index is -2.75. The van der Waals surface area contributed by atoms with Crippen molar-refractivity contribution in [2.75, 3.05) is 26.0 Å². The predicted molar refractivity (Wildman–Crippen MR) is 117 cm³/mol. The number of amides is 2. The second kappa shape index (κ2) is 7.95. The van der Waals surface area contributed by atoms with Crippen molar-refractivity contribution in [1.29, 1.82) is 0 Å². The van der Waals surface area contributed by atoms with Gasteiger partial charge in [0.25, 0.3) is 5.91 Å². The van der Waals surface area contributed by atoms with Gasteiger partial charge in [-0.25, -0.2) is 5.06 Å². The molecular formula is C23H25N3O9. The van der Waals surface area contributed by atoms with Crippen LogP contribution in [0.15, 0.2) is 6.07 Å². The number of hydroxylamine groups is 2. The van der Waals surface area contributed by atoms with Gasteiger partial charge >= 0.3 is 0 Å². The predicted octanol–water partition coefficient (Wildman–Crippen LogP) is -1.15. The number of primary amides is 1. The number of ketones is 4. The van der Waals surface area contributed by atoms with E-state index in [1.54, 1.807) is 19.0 Å². The van der Waals surface area contributed by atoms with Crippen LogP contribution in [0.4, 0.5) is 5.69 Å². The fourth-order valence-electron chi connectivity index (χ4n) is 5.75. The van der Waals surface area contributed by atoms with Crippen molar-refractivity contribution in [2.24, 2.45) is 29.4 Å². The molecule has 35 heavy (non-hydrogen) atoms. The van der Waals surface area contributed by atoms with Gasteiger partial charge in [-0.05, 0) is 30.4 Å². The molecule has 0 bridgehead atoms. The summed E-state index contributed by atoms with van der Waals surface area (Å²) in [6.45, 7) is 0. The van der Waals surface area contributed by atoms with Gasteiger partial charge in [0.1, 0.15) is 5.75 Å². The summed E-state index contributed by atoms with van der Waals surface area (Å²) in [5.74, 6) is -12.5. The molecule has 0 heterocycles. The third kappa shape index (κ3) is 3.27. The standard InChI is InChI=1S/C23H25N3O9/c1-25(2)12-7-11(22(33)26(3)35)17(28)15-10(12)5-8-4-9-6-13(27)16(21(24)32)20(31)23(9,34)19(30)14(8)18(15)29/h7-9,14,16,28,34-35H,4-6H2,1-3H3,(H2,24,32)/t8-,9+,14?,16?,23+/m1/s1. The molecule has 0 radical (unpaired) electrons. The number of fused-ring (bicyclic) bond motifs is 3. The number of carbonyl (C=O) groups is 6. The molecule has 4 rings (SSSR count). The molecule has 5 atom stereocenters. The Morgan fingerprint density at radius 1 is 1.09 bits per heavy atom. The summed E-state index contributed by atoms with van der Waals surface area (Å²) in [5.41, 5.74) is 2.48. The molecule has 2 fully saturated rings. The first-order valence-corrected chi connectivity index (χ1v) is 10.9. The number of carbonyl (C=O) groups excluding carboxylic acids is 6. The molecule has 2 amide bonds. The molecule has 1 aromatic carbocycles. The molecule has 0 aliphatic heterocycles. The van der Waals surface area contributed by atoms with Gasteiger partial charge in [0.05, 0.1) is 17.0 Å². The number of anilines is 1. The second-order valence-electron chi connectivity index (χ2n) is 9.61. The van der Waals surface area contributed by atoms with Crippen LogP contribution < -0.4 is 10.6 Å². The van der Waals surface area contributed by atoms with Crippen LogP contribution in [0.1, 0.15) is 39.1 Å². The molecular weight excluding hydrogens is 462 g/mol. The second-order valence-corrected chi connectivity index (χ2v) is 9.61. The zero-order valence-corrected chi connectivity index (χ0v) is 19.3. The van der Waals surface area contributed by atoms with E-state index >= 15 is 0 Å². The van der Waals surface area contributed by atoms with Crippen LogP contribution in [0.5, 0.6) is 5.75 Å². The minimum absolute atomic E-state index is 0.0330. The van der Waals surface area contributed by atoms with Gasteiger partial charge in [-0.3, -0.25) is 34.0 Å². The van der Waals surface area contributed by atoms with E-state index in [9.17, 15) is 44.2 Å². The van der Waals surface area contributed by atoms with E-state index in [0.29, 0.717) is 11.3 Å². The van der Waals surface area contributed by atoms with Gasteiger partial charge < -0.3 is 20.8 Å². The number of Topliss-reactive ketones (excluding diaryl/α,β-unsaturated/α-hetero) is 4. The number of hydrogen-bond acceptors (Lipinski definition) is 10. The highest BCUT2D eigenvalue weighted by atomic mass is 16.5. The molecule has 2 unspecified atom stereocenters. The Kier molecular flexibility index (Phi) is 5.56. The Labute approximate surface area is 199 Å². The van der Waals surface area contributed by atoms with Crippen LogP contribution in [0, 0.1) is 23.7 Å². The van der Waals surface area contributed by atoms with Crippen molar-refractivity contribution in [3.63, 3.8) is 0 Å². The Hall–Kier alpha value is -3.64.